The van der Waals surface area contributed by atoms with Crippen molar-refractivity contribution in [2.45, 2.75) is 20.1 Å². The molecule has 12 heteroatoms. The zero-order valence-electron chi connectivity index (χ0n) is 39.2. The highest BCUT2D eigenvalue weighted by molar-refractivity contribution is 5.74. The Labute approximate surface area is 442 Å². The van der Waals surface area contributed by atoms with Crippen LogP contribution in [0.25, 0.3) is 58.7 Å². The number of nitrogens with zero attached hydrogens (tertiary/aromatic N) is 6. The van der Waals surface area contributed by atoms with Crippen molar-refractivity contribution in [3.05, 3.63) is 179 Å². The minimum atomic E-state index is 0. The molecule has 0 aliphatic rings. The van der Waals surface area contributed by atoms with E-state index in [0.29, 0.717) is 0 Å². The summed E-state index contributed by atoms with van der Waals surface area (Å²) in [4.78, 5) is 6.27. The van der Waals surface area contributed by atoms with Crippen LogP contribution in [0.1, 0.15) is 46.7 Å². The molecule has 0 saturated carbocycles. The number of anilines is 3. The maximum absolute atomic E-state index is 9.25. The Balaban J connectivity index is 0.000000258. The number of aliphatic hydroxyl groups is 1. The minimum Gasteiger partial charge on any atom is -1.00 e. The number of aromatic nitrogens is 3. The van der Waals surface area contributed by atoms with Crippen molar-refractivity contribution in [3.63, 3.8) is 0 Å². The van der Waals surface area contributed by atoms with Gasteiger partial charge in [0.05, 0.1) is 18.8 Å². The van der Waals surface area contributed by atoms with Crippen molar-refractivity contribution >= 4 is 75.7 Å². The molecule has 8 aromatic rings. The third-order valence-corrected chi connectivity index (χ3v) is 10.7. The fourth-order valence-electron chi connectivity index (χ4n) is 6.82. The topological polar surface area (TPSA) is 67.9 Å². The first-order chi connectivity index (χ1) is 30.4. The van der Waals surface area contributed by atoms with Gasteiger partial charge in [0.1, 0.15) is 20.6 Å². The molecule has 0 atom stereocenters. The number of benzene rings is 5. The minimum absolute atomic E-state index is 0. The van der Waals surface area contributed by atoms with Gasteiger partial charge in [-0.3, -0.25) is 0 Å². The zero-order valence-corrected chi connectivity index (χ0v) is 45.7. The zero-order chi connectivity index (χ0) is 44.9. The molecule has 9 nitrogen and oxygen atoms in total. The molecule has 0 saturated heterocycles. The first-order valence-electron chi connectivity index (χ1n) is 21.2. The summed E-state index contributed by atoms with van der Waals surface area (Å²) in [5.41, 5.74) is 13.0. The standard InChI is InChI=1S/C19H21N2O2.C18H19N2O.C17H21N2.3HI/c1-20(2)16-8-4-14(5-9-16)7-11-19-21(3)17-12-15(13-22)6-10-18(17)23-19;1-19(2)15-11-8-14(9-12-15)10-13-18-20(3)16-6-4-5-7-17(16)21-18;1-4-19-14-6-5-7-17(19)13-10-15-8-11-16(12-9-15)18(2)3;;;/h4-12,22H,13H2,1-3H3;4-13H,1-3H3;5-14H,4H2,1-3H3;3*1H/q3*+1;;;/p-3. The molecule has 0 aliphatic heterocycles. The summed E-state index contributed by atoms with van der Waals surface area (Å²) in [7, 11) is 16.2. The fourth-order valence-corrected chi connectivity index (χ4v) is 6.82. The lowest BCUT2D eigenvalue weighted by Crippen LogP contribution is -3.00. The van der Waals surface area contributed by atoms with Gasteiger partial charge in [-0.2, -0.15) is 13.7 Å². The monoisotopic (exact) mass is 1220 g/mol. The van der Waals surface area contributed by atoms with E-state index in [2.05, 4.69) is 166 Å². The van der Waals surface area contributed by atoms with E-state index in [9.17, 15) is 5.11 Å². The van der Waals surface area contributed by atoms with E-state index in [-0.39, 0.29) is 78.5 Å². The second-order valence-corrected chi connectivity index (χ2v) is 15.8. The highest BCUT2D eigenvalue weighted by Gasteiger charge is 2.17. The van der Waals surface area contributed by atoms with E-state index in [1.54, 1.807) is 0 Å². The highest BCUT2D eigenvalue weighted by atomic mass is 127. The van der Waals surface area contributed by atoms with Gasteiger partial charge in [0.25, 0.3) is 11.0 Å². The van der Waals surface area contributed by atoms with Gasteiger partial charge in [0.2, 0.25) is 16.9 Å². The SMILES string of the molecule is CC[n+]1ccccc1/C=C/c1ccc(N(C)C)cc1.CN(C)c1ccc(/C=C/c2oc3ccc(CO)cc3[n+]2C)cc1.CN(C)c1ccc(/C=C/c2oc3ccccc3[n+]2C)cc1.[I-].[I-].[I-]. The number of aryl methyl sites for hydroxylation is 3. The first-order valence-corrected chi connectivity index (χ1v) is 21.2. The van der Waals surface area contributed by atoms with E-state index >= 15 is 0 Å². The number of aliphatic hydroxyl groups excluding tert-OH is 1. The van der Waals surface area contributed by atoms with Crippen molar-refractivity contribution in [2.75, 3.05) is 57.0 Å². The van der Waals surface area contributed by atoms with Gasteiger partial charge in [0.15, 0.2) is 6.20 Å². The number of rotatable bonds is 11. The molecule has 5 aromatic carbocycles. The Morgan fingerprint density at radius 1 is 0.485 bits per heavy atom. The van der Waals surface area contributed by atoms with Crippen molar-refractivity contribution < 1.29 is 99.6 Å². The quantitative estimate of drug-likeness (QED) is 0.153. The summed E-state index contributed by atoms with van der Waals surface area (Å²) in [5, 5.41) is 9.25. The van der Waals surface area contributed by atoms with Crippen LogP contribution in [-0.4, -0.2) is 47.4 Å². The van der Waals surface area contributed by atoms with E-state index in [4.69, 9.17) is 8.83 Å². The predicted octanol–water partition coefficient (Wildman–Crippen LogP) is 0.722. The van der Waals surface area contributed by atoms with Gasteiger partial charge in [-0.05, 0) is 102 Å². The van der Waals surface area contributed by atoms with Crippen molar-refractivity contribution in [1.29, 1.82) is 0 Å². The third-order valence-electron chi connectivity index (χ3n) is 10.7. The predicted molar refractivity (Wildman–Crippen MR) is 262 cm³/mol. The maximum atomic E-state index is 9.25. The van der Waals surface area contributed by atoms with Crippen molar-refractivity contribution in [2.24, 2.45) is 14.1 Å². The average Bonchev–Trinajstić information content (AvgIpc) is 3.81. The smallest absolute Gasteiger partial charge is 0.373 e. The molecule has 8 rings (SSSR count). The van der Waals surface area contributed by atoms with Gasteiger partial charge in [-0.15, -0.1) is 0 Å². The Morgan fingerprint density at radius 2 is 0.909 bits per heavy atom. The van der Waals surface area contributed by atoms with Gasteiger partial charge < -0.3 is 101 Å². The highest BCUT2D eigenvalue weighted by Crippen LogP contribution is 2.20. The number of para-hydroxylation sites is 2. The molecule has 346 valence electrons. The van der Waals surface area contributed by atoms with Gasteiger partial charge >= 0.3 is 11.8 Å². The summed E-state index contributed by atoms with van der Waals surface area (Å²) in [6.07, 6.45) is 14.5. The van der Waals surface area contributed by atoms with Crippen LogP contribution < -0.4 is 100 Å². The Bertz CT molecular complexity index is 2810. The third kappa shape index (κ3) is 15.0. The van der Waals surface area contributed by atoms with Crippen molar-refractivity contribution in [3.8, 4) is 0 Å². The van der Waals surface area contributed by atoms with Crippen LogP contribution in [0.2, 0.25) is 0 Å². The van der Waals surface area contributed by atoms with Crippen LogP contribution in [0.3, 0.4) is 0 Å². The summed E-state index contributed by atoms with van der Waals surface area (Å²) >= 11 is 0. The van der Waals surface area contributed by atoms with Crippen LogP contribution >= 0.6 is 0 Å². The lowest BCUT2D eigenvalue weighted by molar-refractivity contribution is -0.695. The average molecular weight is 1220 g/mol. The van der Waals surface area contributed by atoms with Crippen LogP contribution in [-0.2, 0) is 27.2 Å². The summed E-state index contributed by atoms with van der Waals surface area (Å²) in [5.74, 6) is 1.61. The molecule has 3 aromatic heterocycles. The van der Waals surface area contributed by atoms with Gasteiger partial charge in [-0.1, -0.05) is 54.6 Å². The second-order valence-electron chi connectivity index (χ2n) is 15.8. The largest absolute Gasteiger partial charge is 1.00 e. The number of fused-ring (bicyclic) bond motifs is 2. The molecule has 0 unspecified atom stereocenters. The Morgan fingerprint density at radius 3 is 1.35 bits per heavy atom. The van der Waals surface area contributed by atoms with Crippen molar-refractivity contribution in [1.82, 2.24) is 0 Å². The normalized spacial score (nSPS) is 10.8. The molecular formula is C54H61I3N6O3. The molecule has 0 bridgehead atoms. The molecule has 0 spiro atoms. The molecule has 0 fully saturated rings. The lowest BCUT2D eigenvalue weighted by Gasteiger charge is -2.11. The number of pyridine rings is 1. The fraction of sp³-hybridized carbons (Fsp3) is 0.204. The van der Waals surface area contributed by atoms with Gasteiger partial charge in [0, 0.05) is 89.7 Å². The van der Waals surface area contributed by atoms with Crippen LogP contribution in [0.5, 0.6) is 0 Å². The van der Waals surface area contributed by atoms with Gasteiger partial charge in [-0.25, -0.2) is 0 Å². The van der Waals surface area contributed by atoms with E-state index in [1.807, 2.05) is 101 Å². The van der Waals surface area contributed by atoms with E-state index in [1.165, 1.54) is 28.3 Å². The summed E-state index contributed by atoms with van der Waals surface area (Å²) in [6.45, 7) is 3.17. The first kappa shape index (κ1) is 55.3. The number of halogens is 3. The van der Waals surface area contributed by atoms with Crippen LogP contribution in [0, 0.1) is 0 Å². The Hall–Kier alpha value is -5.04. The molecule has 3 heterocycles. The molecule has 0 aliphatic carbocycles. The second kappa shape index (κ2) is 26.9. The summed E-state index contributed by atoms with van der Waals surface area (Å²) < 4.78 is 18.0. The lowest BCUT2D eigenvalue weighted by atomic mass is 10.1. The molecular weight excluding hydrogens is 1160 g/mol. The number of hydrogen-bond donors (Lipinski definition) is 1. The van der Waals surface area contributed by atoms with E-state index < -0.39 is 0 Å². The molecule has 0 radical (unpaired) electrons. The number of hydrogen-bond acceptors (Lipinski definition) is 6. The molecule has 1 N–H and O–H groups in total. The number of oxazole rings is 2. The molecule has 66 heavy (non-hydrogen) atoms. The summed E-state index contributed by atoms with van der Waals surface area (Å²) in [6, 6.07) is 45.4. The van der Waals surface area contributed by atoms with Crippen LogP contribution in [0.15, 0.2) is 148 Å². The Kier molecular flexibility index (Phi) is 22.6. The van der Waals surface area contributed by atoms with E-state index in [0.717, 1.165) is 57.2 Å². The maximum Gasteiger partial charge on any atom is 0.373 e. The molecule has 0 amide bonds. The van der Waals surface area contributed by atoms with Crippen LogP contribution in [0.4, 0.5) is 17.1 Å².